The topological polar surface area (TPSA) is 88.5 Å². The summed E-state index contributed by atoms with van der Waals surface area (Å²) in [6.45, 7) is 1.83. The molecule has 0 bridgehead atoms. The van der Waals surface area contributed by atoms with Crippen molar-refractivity contribution in [1.82, 2.24) is 9.47 Å². The Morgan fingerprint density at radius 1 is 1.13 bits per heavy atom. The number of halogens is 1. The number of aryl methyl sites for hydroxylation is 1. The van der Waals surface area contributed by atoms with E-state index in [1.54, 1.807) is 24.3 Å². The largest absolute Gasteiger partial charge is 0.343 e. The minimum atomic E-state index is -3.84. The molecule has 1 amide bonds. The van der Waals surface area contributed by atoms with E-state index in [9.17, 15) is 18.0 Å². The van der Waals surface area contributed by atoms with Crippen LogP contribution in [0.4, 0.5) is 5.69 Å². The molecule has 0 saturated carbocycles. The first kappa shape index (κ1) is 20.9. The number of nitrogens with zero attached hydrogens (tertiary/aromatic N) is 2. The summed E-state index contributed by atoms with van der Waals surface area (Å²) in [6.07, 6.45) is 2.29. The molecular formula is C20H20ClN3O4S2. The second kappa shape index (κ2) is 8.41. The maximum atomic E-state index is 12.7. The molecule has 30 heavy (non-hydrogen) atoms. The lowest BCUT2D eigenvalue weighted by atomic mass is 10.3. The molecule has 1 saturated heterocycles. The molecule has 7 nitrogen and oxygen atoms in total. The Balaban J connectivity index is 1.56. The van der Waals surface area contributed by atoms with Crippen molar-refractivity contribution < 1.29 is 13.2 Å². The van der Waals surface area contributed by atoms with Gasteiger partial charge in [-0.3, -0.25) is 18.9 Å². The standard InChI is InChI=1S/C20H20ClN3O4S2/c21-14-4-3-5-15(12-14)22-30(27,28)16-6-7-17-18(13-16)29-20(26)24(17)11-8-19(25)23-9-1-2-10-23/h3-7,12-13,22H,1-2,8-11H2. The van der Waals surface area contributed by atoms with E-state index in [2.05, 4.69) is 4.72 Å². The first-order valence-corrected chi connectivity index (χ1v) is 12.2. The van der Waals surface area contributed by atoms with Crippen molar-refractivity contribution in [1.29, 1.82) is 0 Å². The quantitative estimate of drug-likeness (QED) is 0.603. The number of likely N-dealkylation sites (tertiary alicyclic amines) is 1. The van der Waals surface area contributed by atoms with E-state index < -0.39 is 10.0 Å². The van der Waals surface area contributed by atoms with Crippen LogP contribution in [-0.4, -0.2) is 36.9 Å². The van der Waals surface area contributed by atoms with Gasteiger partial charge in [0.15, 0.2) is 0 Å². The van der Waals surface area contributed by atoms with Crippen LogP contribution in [0.25, 0.3) is 10.2 Å². The van der Waals surface area contributed by atoms with Crippen LogP contribution in [0, 0.1) is 0 Å². The zero-order valence-electron chi connectivity index (χ0n) is 16.0. The van der Waals surface area contributed by atoms with Gasteiger partial charge in [0.25, 0.3) is 10.0 Å². The molecule has 10 heteroatoms. The third kappa shape index (κ3) is 4.38. The molecule has 1 N–H and O–H groups in total. The number of rotatable bonds is 6. The van der Waals surface area contributed by atoms with Crippen LogP contribution in [0.3, 0.4) is 0 Å². The van der Waals surface area contributed by atoms with E-state index in [1.807, 2.05) is 4.90 Å². The molecule has 0 atom stereocenters. The Labute approximate surface area is 182 Å². The van der Waals surface area contributed by atoms with E-state index in [0.717, 1.165) is 37.3 Å². The lowest BCUT2D eigenvalue weighted by Crippen LogP contribution is -2.29. The van der Waals surface area contributed by atoms with Crippen LogP contribution >= 0.6 is 22.9 Å². The summed E-state index contributed by atoms with van der Waals surface area (Å²) in [5, 5.41) is 0.421. The number of sulfonamides is 1. The third-order valence-corrected chi connectivity index (χ3v) is 7.59. The van der Waals surface area contributed by atoms with Gasteiger partial charge in [-0.1, -0.05) is 29.0 Å². The lowest BCUT2D eigenvalue weighted by molar-refractivity contribution is -0.130. The maximum Gasteiger partial charge on any atom is 0.308 e. The highest BCUT2D eigenvalue weighted by atomic mass is 35.5. The number of carbonyl (C=O) groups excluding carboxylic acids is 1. The number of benzene rings is 2. The normalized spacial score (nSPS) is 14.4. The summed E-state index contributed by atoms with van der Waals surface area (Å²) in [5.41, 5.74) is 0.981. The first-order chi connectivity index (χ1) is 14.3. The zero-order chi connectivity index (χ0) is 21.3. The molecule has 158 valence electrons. The molecule has 2 aromatic carbocycles. The summed E-state index contributed by atoms with van der Waals surface area (Å²) in [5.74, 6) is 0.0451. The molecule has 3 aromatic rings. The summed E-state index contributed by atoms with van der Waals surface area (Å²) >= 11 is 6.88. The van der Waals surface area contributed by atoms with Gasteiger partial charge in [0.1, 0.15) is 0 Å². The molecule has 4 rings (SSSR count). The minimum Gasteiger partial charge on any atom is -0.343 e. The molecule has 1 aliphatic heterocycles. The monoisotopic (exact) mass is 465 g/mol. The smallest absolute Gasteiger partial charge is 0.308 e. The van der Waals surface area contributed by atoms with Crippen LogP contribution in [0.15, 0.2) is 52.2 Å². The van der Waals surface area contributed by atoms with E-state index in [0.29, 0.717) is 20.9 Å². The molecule has 1 aliphatic rings. The third-order valence-electron chi connectivity index (χ3n) is 5.03. The van der Waals surface area contributed by atoms with Crippen LogP contribution in [0.5, 0.6) is 0 Å². The lowest BCUT2D eigenvalue weighted by Gasteiger charge is -2.15. The number of hydrogen-bond acceptors (Lipinski definition) is 5. The molecular weight excluding hydrogens is 446 g/mol. The Morgan fingerprint density at radius 3 is 2.63 bits per heavy atom. The fraction of sp³-hybridized carbons (Fsp3) is 0.300. The van der Waals surface area contributed by atoms with Crippen LogP contribution in [0.1, 0.15) is 19.3 Å². The summed E-state index contributed by atoms with van der Waals surface area (Å²) in [4.78, 5) is 26.4. The molecule has 0 radical (unpaired) electrons. The minimum absolute atomic E-state index is 0.0451. The van der Waals surface area contributed by atoms with Gasteiger partial charge < -0.3 is 4.90 Å². The molecule has 0 spiro atoms. The fourth-order valence-corrected chi connectivity index (χ4v) is 5.82. The highest BCUT2D eigenvalue weighted by molar-refractivity contribution is 7.92. The number of nitrogens with one attached hydrogen (secondary N) is 1. The van der Waals surface area contributed by atoms with E-state index in [4.69, 9.17) is 11.6 Å². The van der Waals surface area contributed by atoms with Crippen LogP contribution in [-0.2, 0) is 21.4 Å². The second-order valence-corrected chi connectivity index (χ2v) is 10.2. The Hall–Kier alpha value is -2.36. The first-order valence-electron chi connectivity index (χ1n) is 9.53. The average molecular weight is 466 g/mol. The number of thiazole rings is 1. The van der Waals surface area contributed by atoms with Crippen molar-refractivity contribution in [2.45, 2.75) is 30.7 Å². The molecule has 1 aromatic heterocycles. The SMILES string of the molecule is O=C(CCn1c(=O)sc2cc(S(=O)(=O)Nc3cccc(Cl)c3)ccc21)N1CCCC1. The van der Waals surface area contributed by atoms with Gasteiger partial charge in [0.05, 0.1) is 20.8 Å². The van der Waals surface area contributed by atoms with Crippen LogP contribution in [0.2, 0.25) is 5.02 Å². The van der Waals surface area contributed by atoms with Gasteiger partial charge in [0, 0.05) is 31.1 Å². The van der Waals surface area contributed by atoms with Gasteiger partial charge in [-0.25, -0.2) is 8.42 Å². The second-order valence-electron chi connectivity index (χ2n) is 7.10. The Bertz CT molecular complexity index is 1260. The zero-order valence-corrected chi connectivity index (χ0v) is 18.4. The van der Waals surface area contributed by atoms with Gasteiger partial charge in [-0.05, 0) is 49.2 Å². The van der Waals surface area contributed by atoms with Crippen molar-refractivity contribution in [3.8, 4) is 0 Å². The van der Waals surface area contributed by atoms with E-state index >= 15 is 0 Å². The van der Waals surface area contributed by atoms with Crippen molar-refractivity contribution >= 4 is 54.8 Å². The summed E-state index contributed by atoms with van der Waals surface area (Å²) < 4.78 is 30.0. The number of aromatic nitrogens is 1. The predicted octanol–water partition coefficient (Wildman–Crippen LogP) is 3.53. The number of carbonyl (C=O) groups is 1. The maximum absolute atomic E-state index is 12.7. The highest BCUT2D eigenvalue weighted by Gasteiger charge is 2.20. The number of amides is 1. The van der Waals surface area contributed by atoms with E-state index in [1.165, 1.54) is 22.8 Å². The highest BCUT2D eigenvalue weighted by Crippen LogP contribution is 2.25. The Kier molecular flexibility index (Phi) is 5.86. The molecule has 0 unspecified atom stereocenters. The van der Waals surface area contributed by atoms with E-state index in [-0.39, 0.29) is 28.6 Å². The molecule has 0 aliphatic carbocycles. The fourth-order valence-electron chi connectivity index (χ4n) is 3.52. The summed E-state index contributed by atoms with van der Waals surface area (Å²) in [6, 6.07) is 11.0. The predicted molar refractivity (Wildman–Crippen MR) is 119 cm³/mol. The van der Waals surface area contributed by atoms with Crippen LogP contribution < -0.4 is 9.60 Å². The van der Waals surface area contributed by atoms with Gasteiger partial charge in [-0.2, -0.15) is 0 Å². The van der Waals surface area contributed by atoms with Crippen molar-refractivity contribution in [2.24, 2.45) is 0 Å². The average Bonchev–Trinajstić information content (AvgIpc) is 3.33. The van der Waals surface area contributed by atoms with Gasteiger partial charge >= 0.3 is 4.87 Å². The molecule has 2 heterocycles. The van der Waals surface area contributed by atoms with Crippen molar-refractivity contribution in [3.05, 3.63) is 57.2 Å². The number of hydrogen-bond donors (Lipinski definition) is 1. The Morgan fingerprint density at radius 2 is 1.90 bits per heavy atom. The van der Waals surface area contributed by atoms with Crippen molar-refractivity contribution in [2.75, 3.05) is 17.8 Å². The van der Waals surface area contributed by atoms with Gasteiger partial charge in [-0.15, -0.1) is 0 Å². The molecule has 1 fully saturated rings. The van der Waals surface area contributed by atoms with Gasteiger partial charge in [0.2, 0.25) is 5.91 Å². The number of fused-ring (bicyclic) bond motifs is 1. The number of anilines is 1. The summed E-state index contributed by atoms with van der Waals surface area (Å²) in [7, 11) is -3.84. The van der Waals surface area contributed by atoms with Crippen molar-refractivity contribution in [3.63, 3.8) is 0 Å².